The van der Waals surface area contributed by atoms with Crippen LogP contribution in [0, 0.1) is 11.7 Å². The average Bonchev–Trinajstić information content (AvgIpc) is 3.51. The molecule has 188 valence electrons. The van der Waals surface area contributed by atoms with Gasteiger partial charge in [-0.25, -0.2) is 4.39 Å². The summed E-state index contributed by atoms with van der Waals surface area (Å²) in [5, 5.41) is 13.1. The van der Waals surface area contributed by atoms with Gasteiger partial charge in [-0.2, -0.15) is 13.2 Å². The fourth-order valence-corrected chi connectivity index (χ4v) is 4.57. The average molecular weight is 493 g/mol. The van der Waals surface area contributed by atoms with Crippen LogP contribution in [-0.2, 0) is 16.6 Å². The van der Waals surface area contributed by atoms with Crippen molar-refractivity contribution in [1.82, 2.24) is 10.2 Å². The summed E-state index contributed by atoms with van der Waals surface area (Å²) in [7, 11) is 0. The van der Waals surface area contributed by atoms with Crippen LogP contribution in [0.4, 0.5) is 17.6 Å². The van der Waals surface area contributed by atoms with Crippen LogP contribution in [0.5, 0.6) is 0 Å². The lowest BCUT2D eigenvalue weighted by Gasteiger charge is -2.28. The van der Waals surface area contributed by atoms with Crippen LogP contribution in [0.1, 0.15) is 72.6 Å². The van der Waals surface area contributed by atoms with E-state index in [0.29, 0.717) is 36.6 Å². The Morgan fingerprint density at radius 2 is 1.77 bits per heavy atom. The number of likely N-dealkylation sites (tertiary alicyclic amines) is 1. The van der Waals surface area contributed by atoms with Crippen LogP contribution in [-0.4, -0.2) is 34.4 Å². The normalized spacial score (nSPS) is 19.5. The highest BCUT2D eigenvalue weighted by atomic mass is 19.4. The molecule has 9 heteroatoms. The van der Waals surface area contributed by atoms with Gasteiger partial charge >= 0.3 is 6.18 Å². The molecular formula is C26H28F4N2O3. The number of amides is 2. The third-order valence-electron chi connectivity index (χ3n) is 6.69. The van der Waals surface area contributed by atoms with Crippen molar-refractivity contribution in [1.29, 1.82) is 0 Å². The highest BCUT2D eigenvalue weighted by Gasteiger charge is 2.40. The molecule has 1 saturated carbocycles. The summed E-state index contributed by atoms with van der Waals surface area (Å²) in [5.41, 5.74) is -1.29. The Bertz CT molecular complexity index is 1120. The van der Waals surface area contributed by atoms with Crippen LogP contribution in [0.3, 0.4) is 0 Å². The second kappa shape index (κ2) is 9.26. The van der Waals surface area contributed by atoms with Crippen molar-refractivity contribution >= 4 is 11.8 Å². The Hall–Kier alpha value is -2.94. The van der Waals surface area contributed by atoms with Gasteiger partial charge in [0.2, 0.25) is 5.91 Å². The second-order valence-corrected chi connectivity index (χ2v) is 9.85. The summed E-state index contributed by atoms with van der Waals surface area (Å²) in [6, 6.07) is 7.43. The van der Waals surface area contributed by atoms with Crippen molar-refractivity contribution in [3.63, 3.8) is 0 Å². The number of rotatable bonds is 6. The maximum atomic E-state index is 14.7. The summed E-state index contributed by atoms with van der Waals surface area (Å²) in [4.78, 5) is 27.9. The minimum absolute atomic E-state index is 0.0163. The summed E-state index contributed by atoms with van der Waals surface area (Å²) in [6.07, 6.45) is -2.18. The Labute approximate surface area is 201 Å². The molecule has 0 spiro atoms. The lowest BCUT2D eigenvalue weighted by molar-refractivity contribution is -0.137. The van der Waals surface area contributed by atoms with Gasteiger partial charge in [0.1, 0.15) is 11.9 Å². The first kappa shape index (κ1) is 25.2. The third-order valence-corrected chi connectivity index (χ3v) is 6.69. The number of hydrogen-bond donors (Lipinski definition) is 2. The van der Waals surface area contributed by atoms with Gasteiger partial charge in [-0.1, -0.05) is 18.2 Å². The predicted molar refractivity (Wildman–Crippen MR) is 121 cm³/mol. The van der Waals surface area contributed by atoms with Gasteiger partial charge in [0.15, 0.2) is 0 Å². The number of carbonyl (C=O) groups is 2. The van der Waals surface area contributed by atoms with Gasteiger partial charge in [-0.3, -0.25) is 9.59 Å². The van der Waals surface area contributed by atoms with Gasteiger partial charge < -0.3 is 15.3 Å². The number of nitrogens with one attached hydrogen (secondary N) is 1. The van der Waals surface area contributed by atoms with Crippen molar-refractivity contribution < 1.29 is 32.3 Å². The molecule has 0 aromatic heterocycles. The smallest absolute Gasteiger partial charge is 0.386 e. The van der Waals surface area contributed by atoms with Crippen LogP contribution < -0.4 is 5.32 Å². The van der Waals surface area contributed by atoms with E-state index >= 15 is 0 Å². The molecule has 35 heavy (non-hydrogen) atoms. The highest BCUT2D eigenvalue weighted by Crippen LogP contribution is 2.43. The molecule has 0 unspecified atom stereocenters. The van der Waals surface area contributed by atoms with E-state index < -0.39 is 41.1 Å². The van der Waals surface area contributed by atoms with Gasteiger partial charge in [0.05, 0.1) is 17.2 Å². The van der Waals surface area contributed by atoms with Crippen LogP contribution >= 0.6 is 0 Å². The van der Waals surface area contributed by atoms with E-state index in [1.54, 1.807) is 38.1 Å². The van der Waals surface area contributed by atoms with Crippen molar-refractivity contribution in [2.45, 2.75) is 63.4 Å². The molecular weight excluding hydrogens is 464 g/mol. The molecule has 1 aliphatic heterocycles. The zero-order chi connectivity index (χ0) is 25.5. The third kappa shape index (κ3) is 5.50. The molecule has 2 aromatic rings. The van der Waals surface area contributed by atoms with Gasteiger partial charge in [0.25, 0.3) is 5.91 Å². The van der Waals surface area contributed by atoms with Gasteiger partial charge in [-0.05, 0) is 75.3 Å². The molecule has 2 atom stereocenters. The minimum atomic E-state index is -4.66. The van der Waals surface area contributed by atoms with Crippen molar-refractivity contribution in [3.05, 3.63) is 70.5 Å². The maximum Gasteiger partial charge on any atom is 0.416 e. The molecule has 2 aliphatic rings. The maximum absolute atomic E-state index is 14.7. The number of aliphatic hydroxyl groups is 1. The monoisotopic (exact) mass is 492 g/mol. The van der Waals surface area contributed by atoms with Crippen LogP contribution in [0.25, 0.3) is 0 Å². The summed E-state index contributed by atoms with van der Waals surface area (Å²) in [6.45, 7) is 3.59. The van der Waals surface area contributed by atoms with E-state index in [1.807, 2.05) is 0 Å². The predicted octanol–water partition coefficient (Wildman–Crippen LogP) is 4.94. The lowest BCUT2D eigenvalue weighted by Crippen LogP contribution is -2.47. The van der Waals surface area contributed by atoms with E-state index in [9.17, 15) is 32.3 Å². The molecule has 2 N–H and O–H groups in total. The summed E-state index contributed by atoms with van der Waals surface area (Å²) >= 11 is 0. The van der Waals surface area contributed by atoms with Crippen LogP contribution in [0.2, 0.25) is 0 Å². The standard InChI is InChI=1S/C26H28F4N2O3/c1-25(2,35)17-6-3-5-16(13-17)24(34)32-12-4-7-21(32)23(33)31-22(15-8-9-15)19-11-10-18(14-20(19)27)26(28,29)30/h3,5-6,10-11,13-15,21-22,35H,4,7-9,12H2,1-2H3,(H,31,33)/t21-,22-/m1/s1. The van der Waals surface area contributed by atoms with E-state index in [4.69, 9.17) is 0 Å². The molecule has 5 nitrogen and oxygen atoms in total. The zero-order valence-electron chi connectivity index (χ0n) is 19.5. The summed E-state index contributed by atoms with van der Waals surface area (Å²) < 4.78 is 53.5. The van der Waals surface area contributed by atoms with E-state index in [1.165, 1.54) is 4.90 Å². The highest BCUT2D eigenvalue weighted by molar-refractivity contribution is 5.98. The molecule has 2 aromatic carbocycles. The Kier molecular flexibility index (Phi) is 6.66. The fourth-order valence-electron chi connectivity index (χ4n) is 4.57. The molecule has 2 fully saturated rings. The number of nitrogens with zero attached hydrogens (tertiary/aromatic N) is 1. The molecule has 1 heterocycles. The molecule has 1 saturated heterocycles. The number of carbonyl (C=O) groups excluding carboxylic acids is 2. The fraction of sp³-hybridized carbons (Fsp3) is 0.462. The number of benzene rings is 2. The summed E-state index contributed by atoms with van der Waals surface area (Å²) in [5.74, 6) is -1.89. The van der Waals surface area contributed by atoms with E-state index in [2.05, 4.69) is 5.32 Å². The lowest BCUT2D eigenvalue weighted by atomic mass is 9.96. The number of hydrogen-bond acceptors (Lipinski definition) is 3. The molecule has 1 aliphatic carbocycles. The largest absolute Gasteiger partial charge is 0.416 e. The number of alkyl halides is 3. The van der Waals surface area contributed by atoms with Gasteiger partial charge in [-0.15, -0.1) is 0 Å². The van der Waals surface area contributed by atoms with E-state index in [0.717, 1.165) is 25.0 Å². The van der Waals surface area contributed by atoms with Crippen molar-refractivity contribution in [2.75, 3.05) is 6.54 Å². The molecule has 4 rings (SSSR count). The molecule has 2 amide bonds. The zero-order valence-corrected chi connectivity index (χ0v) is 19.5. The Morgan fingerprint density at radius 1 is 1.06 bits per heavy atom. The minimum Gasteiger partial charge on any atom is -0.386 e. The Balaban J connectivity index is 1.53. The first-order valence-electron chi connectivity index (χ1n) is 11.7. The first-order valence-corrected chi connectivity index (χ1v) is 11.7. The second-order valence-electron chi connectivity index (χ2n) is 9.85. The Morgan fingerprint density at radius 3 is 2.37 bits per heavy atom. The van der Waals surface area contributed by atoms with Gasteiger partial charge in [0, 0.05) is 17.7 Å². The van der Waals surface area contributed by atoms with Crippen LogP contribution in [0.15, 0.2) is 42.5 Å². The first-order chi connectivity index (χ1) is 16.4. The van der Waals surface area contributed by atoms with E-state index in [-0.39, 0.29) is 17.4 Å². The number of halogens is 4. The SMILES string of the molecule is CC(C)(O)c1cccc(C(=O)N2CCC[C@@H]2C(=O)N[C@@H](c2ccc(C(F)(F)F)cc2F)C2CC2)c1. The van der Waals surface area contributed by atoms with Crippen molar-refractivity contribution in [2.24, 2.45) is 5.92 Å². The quantitative estimate of drug-likeness (QED) is 0.561. The topological polar surface area (TPSA) is 69.6 Å². The van der Waals surface area contributed by atoms with Crippen molar-refractivity contribution in [3.8, 4) is 0 Å². The molecule has 0 bridgehead atoms. The molecule has 0 radical (unpaired) electrons.